The fourth-order valence-corrected chi connectivity index (χ4v) is 2.05. The molecule has 1 unspecified atom stereocenters. The zero-order chi connectivity index (χ0) is 12.3. The SMILES string of the molecule is CC(C)=CCNC(c1ccc(F)cc1)C1CC1. The Morgan fingerprint density at radius 3 is 2.53 bits per heavy atom. The summed E-state index contributed by atoms with van der Waals surface area (Å²) in [4.78, 5) is 0. The summed E-state index contributed by atoms with van der Waals surface area (Å²) in [5.41, 5.74) is 2.53. The molecule has 1 aromatic carbocycles. The summed E-state index contributed by atoms with van der Waals surface area (Å²) in [6, 6.07) is 7.27. The molecule has 1 saturated carbocycles. The van der Waals surface area contributed by atoms with Crippen molar-refractivity contribution in [3.63, 3.8) is 0 Å². The first-order valence-electron chi connectivity index (χ1n) is 6.29. The number of halogens is 1. The van der Waals surface area contributed by atoms with Crippen molar-refractivity contribution in [1.29, 1.82) is 0 Å². The normalized spacial score (nSPS) is 16.6. The van der Waals surface area contributed by atoms with E-state index >= 15 is 0 Å². The van der Waals surface area contributed by atoms with Crippen molar-refractivity contribution in [2.45, 2.75) is 32.7 Å². The predicted octanol–water partition coefficient (Wildman–Crippen LogP) is 3.83. The van der Waals surface area contributed by atoms with Crippen molar-refractivity contribution >= 4 is 0 Å². The lowest BCUT2D eigenvalue weighted by molar-refractivity contribution is 0.505. The molecule has 2 rings (SSSR count). The number of rotatable bonds is 5. The number of benzene rings is 1. The maximum atomic E-state index is 12.9. The van der Waals surface area contributed by atoms with Gasteiger partial charge >= 0.3 is 0 Å². The van der Waals surface area contributed by atoms with Crippen LogP contribution in [0, 0.1) is 11.7 Å². The van der Waals surface area contributed by atoms with Crippen LogP contribution in [0.2, 0.25) is 0 Å². The van der Waals surface area contributed by atoms with Crippen LogP contribution in [0.3, 0.4) is 0 Å². The van der Waals surface area contributed by atoms with Crippen LogP contribution in [0.1, 0.15) is 38.3 Å². The van der Waals surface area contributed by atoms with E-state index in [-0.39, 0.29) is 5.82 Å². The summed E-state index contributed by atoms with van der Waals surface area (Å²) in [6.07, 6.45) is 4.76. The van der Waals surface area contributed by atoms with Gasteiger partial charge in [0.2, 0.25) is 0 Å². The third kappa shape index (κ3) is 3.67. The van der Waals surface area contributed by atoms with Gasteiger partial charge in [-0.3, -0.25) is 0 Å². The van der Waals surface area contributed by atoms with Gasteiger partial charge in [0.1, 0.15) is 5.82 Å². The molecule has 1 fully saturated rings. The van der Waals surface area contributed by atoms with E-state index in [9.17, 15) is 4.39 Å². The highest BCUT2D eigenvalue weighted by Gasteiger charge is 2.31. The first kappa shape index (κ1) is 12.3. The summed E-state index contributed by atoms with van der Waals surface area (Å²) in [5.74, 6) is 0.568. The fourth-order valence-electron chi connectivity index (χ4n) is 2.05. The second-order valence-electron chi connectivity index (χ2n) is 5.06. The Morgan fingerprint density at radius 2 is 2.00 bits per heavy atom. The van der Waals surface area contributed by atoms with Gasteiger partial charge in [0.05, 0.1) is 0 Å². The lowest BCUT2D eigenvalue weighted by Crippen LogP contribution is -2.23. The predicted molar refractivity (Wildman–Crippen MR) is 69.3 cm³/mol. The minimum atomic E-state index is -0.160. The Kier molecular flexibility index (Phi) is 3.95. The molecule has 1 N–H and O–H groups in total. The molecule has 0 heterocycles. The Hall–Kier alpha value is -1.15. The van der Waals surface area contributed by atoms with E-state index in [0.717, 1.165) is 12.5 Å². The fraction of sp³-hybridized carbons (Fsp3) is 0.467. The summed E-state index contributed by atoms with van der Waals surface area (Å²) in [7, 11) is 0. The van der Waals surface area contributed by atoms with Gasteiger partial charge in [-0.2, -0.15) is 0 Å². The molecule has 1 aliphatic rings. The van der Waals surface area contributed by atoms with Gasteiger partial charge in [-0.15, -0.1) is 0 Å². The molecule has 1 nitrogen and oxygen atoms in total. The number of nitrogens with one attached hydrogen (secondary N) is 1. The van der Waals surface area contributed by atoms with Crippen molar-refractivity contribution in [1.82, 2.24) is 5.32 Å². The maximum Gasteiger partial charge on any atom is 0.123 e. The van der Waals surface area contributed by atoms with Crippen LogP contribution in [-0.2, 0) is 0 Å². The molecule has 17 heavy (non-hydrogen) atoms. The second kappa shape index (κ2) is 5.46. The molecule has 0 aromatic heterocycles. The molecule has 0 radical (unpaired) electrons. The molecule has 92 valence electrons. The molecule has 1 atom stereocenters. The smallest absolute Gasteiger partial charge is 0.123 e. The summed E-state index contributed by atoms with van der Waals surface area (Å²) in [5, 5.41) is 3.55. The summed E-state index contributed by atoms with van der Waals surface area (Å²) >= 11 is 0. The molecule has 1 aromatic rings. The van der Waals surface area contributed by atoms with Crippen molar-refractivity contribution in [3.8, 4) is 0 Å². The van der Waals surface area contributed by atoms with E-state index in [2.05, 4.69) is 25.2 Å². The number of allylic oxidation sites excluding steroid dienone is 1. The van der Waals surface area contributed by atoms with E-state index < -0.39 is 0 Å². The lowest BCUT2D eigenvalue weighted by Gasteiger charge is -2.18. The average Bonchev–Trinajstić information content (AvgIpc) is 3.10. The molecule has 0 bridgehead atoms. The van der Waals surface area contributed by atoms with Gasteiger partial charge in [-0.05, 0) is 50.3 Å². The van der Waals surface area contributed by atoms with E-state index in [1.165, 1.54) is 24.0 Å². The van der Waals surface area contributed by atoms with Crippen LogP contribution < -0.4 is 5.32 Å². The first-order chi connectivity index (χ1) is 8.16. The van der Waals surface area contributed by atoms with Crippen LogP contribution in [-0.4, -0.2) is 6.54 Å². The van der Waals surface area contributed by atoms with Gasteiger partial charge in [-0.25, -0.2) is 4.39 Å². The van der Waals surface area contributed by atoms with Crippen molar-refractivity contribution in [3.05, 3.63) is 47.3 Å². The highest BCUT2D eigenvalue weighted by atomic mass is 19.1. The van der Waals surface area contributed by atoms with Gasteiger partial charge < -0.3 is 5.32 Å². The second-order valence-corrected chi connectivity index (χ2v) is 5.06. The first-order valence-corrected chi connectivity index (χ1v) is 6.29. The monoisotopic (exact) mass is 233 g/mol. The van der Waals surface area contributed by atoms with Gasteiger partial charge in [0.15, 0.2) is 0 Å². The van der Waals surface area contributed by atoms with Crippen LogP contribution in [0.15, 0.2) is 35.9 Å². The Bertz CT molecular complexity index is 386. The molecule has 0 saturated heterocycles. The van der Waals surface area contributed by atoms with Crippen molar-refractivity contribution in [2.75, 3.05) is 6.54 Å². The Morgan fingerprint density at radius 1 is 1.35 bits per heavy atom. The highest BCUT2D eigenvalue weighted by molar-refractivity contribution is 5.22. The Labute approximate surface area is 103 Å². The molecule has 0 spiro atoms. The summed E-state index contributed by atoms with van der Waals surface area (Å²) < 4.78 is 12.9. The molecule has 0 amide bonds. The molecular formula is C15H20FN. The van der Waals surface area contributed by atoms with Crippen LogP contribution in [0.4, 0.5) is 4.39 Å². The molecule has 0 aliphatic heterocycles. The van der Waals surface area contributed by atoms with Crippen LogP contribution in [0.5, 0.6) is 0 Å². The Balaban J connectivity index is 2.01. The van der Waals surface area contributed by atoms with Crippen LogP contribution in [0.25, 0.3) is 0 Å². The average molecular weight is 233 g/mol. The minimum absolute atomic E-state index is 0.160. The maximum absolute atomic E-state index is 12.9. The van der Waals surface area contributed by atoms with Gasteiger partial charge in [0.25, 0.3) is 0 Å². The lowest BCUT2D eigenvalue weighted by atomic mass is 10.0. The standard InChI is InChI=1S/C15H20FN/c1-11(2)9-10-17-15(12-3-4-12)13-5-7-14(16)8-6-13/h5-9,12,15,17H,3-4,10H2,1-2H3. The minimum Gasteiger partial charge on any atom is -0.306 e. The number of hydrogen-bond donors (Lipinski definition) is 1. The third-order valence-electron chi connectivity index (χ3n) is 3.17. The van der Waals surface area contributed by atoms with Crippen LogP contribution >= 0.6 is 0 Å². The van der Waals surface area contributed by atoms with Gasteiger partial charge in [-0.1, -0.05) is 23.8 Å². The quantitative estimate of drug-likeness (QED) is 0.762. The molecular weight excluding hydrogens is 213 g/mol. The van der Waals surface area contributed by atoms with Crippen molar-refractivity contribution in [2.24, 2.45) is 5.92 Å². The van der Waals surface area contributed by atoms with E-state index in [1.54, 1.807) is 12.1 Å². The third-order valence-corrected chi connectivity index (χ3v) is 3.17. The topological polar surface area (TPSA) is 12.0 Å². The molecule has 1 aliphatic carbocycles. The highest BCUT2D eigenvalue weighted by Crippen LogP contribution is 2.40. The van der Waals surface area contributed by atoms with Crippen molar-refractivity contribution < 1.29 is 4.39 Å². The van der Waals surface area contributed by atoms with E-state index in [4.69, 9.17) is 0 Å². The molecule has 2 heteroatoms. The van der Waals surface area contributed by atoms with E-state index in [0.29, 0.717) is 6.04 Å². The number of hydrogen-bond acceptors (Lipinski definition) is 1. The largest absolute Gasteiger partial charge is 0.306 e. The zero-order valence-electron chi connectivity index (χ0n) is 10.5. The zero-order valence-corrected chi connectivity index (χ0v) is 10.5. The van der Waals surface area contributed by atoms with Gasteiger partial charge in [0, 0.05) is 12.6 Å². The van der Waals surface area contributed by atoms with E-state index in [1.807, 2.05) is 12.1 Å². The summed E-state index contributed by atoms with van der Waals surface area (Å²) in [6.45, 7) is 5.10.